The molecule has 0 aliphatic carbocycles. The average molecular weight is 352 g/mol. The van der Waals surface area contributed by atoms with Crippen molar-refractivity contribution in [1.29, 1.82) is 10.5 Å². The lowest BCUT2D eigenvalue weighted by atomic mass is 9.94. The van der Waals surface area contributed by atoms with E-state index in [4.69, 9.17) is 21.5 Å². The van der Waals surface area contributed by atoms with Crippen LogP contribution in [-0.2, 0) is 0 Å². The molecule has 26 heavy (non-hydrogen) atoms. The van der Waals surface area contributed by atoms with Gasteiger partial charge in [-0.1, -0.05) is 0 Å². The number of fused-ring (bicyclic) bond motifs is 1. The number of nitrogens with two attached hydrogens (primary N) is 2. The Bertz CT molecular complexity index is 1000. The van der Waals surface area contributed by atoms with E-state index in [1.165, 1.54) is 25.3 Å². The van der Waals surface area contributed by atoms with Crippen LogP contribution in [0.4, 0.5) is 21.7 Å². The normalized spacial score (nSPS) is 14.9. The van der Waals surface area contributed by atoms with E-state index in [1.807, 2.05) is 6.07 Å². The van der Waals surface area contributed by atoms with E-state index in [0.29, 0.717) is 16.9 Å². The molecule has 0 fully saturated rings. The second-order valence-corrected chi connectivity index (χ2v) is 5.29. The van der Waals surface area contributed by atoms with Crippen LogP contribution in [-0.4, -0.2) is 18.1 Å². The Hall–Kier alpha value is -4.05. The smallest absolute Gasteiger partial charge is 0.211 e. The molecule has 0 amide bonds. The molecule has 1 atom stereocenters. The van der Waals surface area contributed by atoms with Crippen LogP contribution >= 0.6 is 0 Å². The highest BCUT2D eigenvalue weighted by Gasteiger charge is 2.31. The summed E-state index contributed by atoms with van der Waals surface area (Å²) in [6, 6.07) is 4.97. The number of hydrogen-bond donors (Lipinski definition) is 4. The summed E-state index contributed by atoms with van der Waals surface area (Å²) >= 11 is 0. The van der Waals surface area contributed by atoms with E-state index in [-0.39, 0.29) is 28.8 Å². The SMILES string of the molecule is COc1ccc(F)cc1C1N=C(NC#N)Nc2nc(N)c(C#N)c(N)c21. The molecular weight excluding hydrogens is 339 g/mol. The number of ether oxygens (including phenoxy) is 1. The molecule has 2 heterocycles. The molecule has 0 saturated heterocycles. The highest BCUT2D eigenvalue weighted by molar-refractivity contribution is 5.98. The van der Waals surface area contributed by atoms with Crippen LogP contribution in [0.5, 0.6) is 5.75 Å². The van der Waals surface area contributed by atoms with Gasteiger partial charge in [-0.25, -0.2) is 14.4 Å². The van der Waals surface area contributed by atoms with Crippen molar-refractivity contribution in [3.05, 3.63) is 40.7 Å². The minimum Gasteiger partial charge on any atom is -0.496 e. The maximum Gasteiger partial charge on any atom is 0.211 e. The molecule has 6 N–H and O–H groups in total. The summed E-state index contributed by atoms with van der Waals surface area (Å²) in [5.41, 5.74) is 12.7. The zero-order valence-corrected chi connectivity index (χ0v) is 13.5. The van der Waals surface area contributed by atoms with E-state index in [9.17, 15) is 9.65 Å². The van der Waals surface area contributed by atoms with Gasteiger partial charge in [-0.05, 0) is 18.2 Å². The van der Waals surface area contributed by atoms with Crippen molar-refractivity contribution in [2.24, 2.45) is 4.99 Å². The Morgan fingerprint density at radius 1 is 1.35 bits per heavy atom. The Labute approximate surface area is 147 Å². The first kappa shape index (κ1) is 16.8. The molecule has 1 aromatic carbocycles. The summed E-state index contributed by atoms with van der Waals surface area (Å²) in [7, 11) is 1.43. The van der Waals surface area contributed by atoms with Crippen LogP contribution in [0.15, 0.2) is 23.2 Å². The van der Waals surface area contributed by atoms with E-state index < -0.39 is 11.9 Å². The zero-order chi connectivity index (χ0) is 18.8. The largest absolute Gasteiger partial charge is 0.496 e. The summed E-state index contributed by atoms with van der Waals surface area (Å²) in [5, 5.41) is 23.3. The Morgan fingerprint density at radius 2 is 2.12 bits per heavy atom. The summed E-state index contributed by atoms with van der Waals surface area (Å²) in [5.74, 6) is 0.0715. The van der Waals surface area contributed by atoms with Gasteiger partial charge in [-0.2, -0.15) is 10.5 Å². The summed E-state index contributed by atoms with van der Waals surface area (Å²) in [6.07, 6.45) is 1.74. The van der Waals surface area contributed by atoms with Gasteiger partial charge in [0.2, 0.25) is 5.96 Å². The van der Waals surface area contributed by atoms with Crippen LogP contribution in [0, 0.1) is 28.6 Å². The number of halogens is 1. The number of anilines is 3. The number of nitriles is 2. The molecule has 1 aliphatic rings. The predicted molar refractivity (Wildman–Crippen MR) is 92.4 cm³/mol. The fraction of sp³-hybridized carbons (Fsp3) is 0.125. The van der Waals surface area contributed by atoms with E-state index >= 15 is 0 Å². The second kappa shape index (κ2) is 6.45. The van der Waals surface area contributed by atoms with Gasteiger partial charge < -0.3 is 21.5 Å². The van der Waals surface area contributed by atoms with E-state index in [1.54, 1.807) is 6.19 Å². The second-order valence-electron chi connectivity index (χ2n) is 5.29. The van der Waals surface area contributed by atoms with Gasteiger partial charge >= 0.3 is 0 Å². The number of aromatic nitrogens is 1. The highest BCUT2D eigenvalue weighted by atomic mass is 19.1. The van der Waals surface area contributed by atoms with Gasteiger partial charge in [0.05, 0.1) is 12.8 Å². The molecule has 0 spiro atoms. The van der Waals surface area contributed by atoms with Gasteiger partial charge in [0.15, 0.2) is 6.19 Å². The minimum absolute atomic E-state index is 0.00203. The highest BCUT2D eigenvalue weighted by Crippen LogP contribution is 2.43. The molecule has 1 aromatic heterocycles. The lowest BCUT2D eigenvalue weighted by molar-refractivity contribution is 0.406. The van der Waals surface area contributed by atoms with Gasteiger partial charge in [-0.3, -0.25) is 5.32 Å². The average Bonchev–Trinajstić information content (AvgIpc) is 2.61. The van der Waals surface area contributed by atoms with Crippen molar-refractivity contribution in [3.8, 4) is 18.0 Å². The third-order valence-corrected chi connectivity index (χ3v) is 3.84. The monoisotopic (exact) mass is 352 g/mol. The molecule has 0 saturated carbocycles. The van der Waals surface area contributed by atoms with E-state index in [0.717, 1.165) is 0 Å². The number of guanidine groups is 1. The van der Waals surface area contributed by atoms with Crippen molar-refractivity contribution in [3.63, 3.8) is 0 Å². The van der Waals surface area contributed by atoms with Gasteiger partial charge in [0, 0.05) is 11.1 Å². The lowest BCUT2D eigenvalue weighted by Gasteiger charge is -2.27. The molecule has 1 aliphatic heterocycles. The van der Waals surface area contributed by atoms with Crippen molar-refractivity contribution in [1.82, 2.24) is 10.3 Å². The summed E-state index contributed by atoms with van der Waals surface area (Å²) < 4.78 is 19.2. The number of nitrogen functional groups attached to an aromatic ring is 2. The molecule has 130 valence electrons. The van der Waals surface area contributed by atoms with Crippen LogP contribution in [0.3, 0.4) is 0 Å². The van der Waals surface area contributed by atoms with Crippen molar-refractivity contribution in [2.75, 3.05) is 23.9 Å². The number of methoxy groups -OCH3 is 1. The lowest BCUT2D eigenvalue weighted by Crippen LogP contribution is -2.32. The molecule has 9 nitrogen and oxygen atoms in total. The third kappa shape index (κ3) is 2.65. The van der Waals surface area contributed by atoms with Gasteiger partial charge in [0.25, 0.3) is 0 Å². The molecule has 10 heteroatoms. The quantitative estimate of drug-likeness (QED) is 0.463. The number of pyridine rings is 1. The maximum absolute atomic E-state index is 13.9. The number of nitrogens with one attached hydrogen (secondary N) is 2. The van der Waals surface area contributed by atoms with Crippen LogP contribution in [0.1, 0.15) is 22.7 Å². The zero-order valence-electron chi connectivity index (χ0n) is 13.5. The molecule has 1 unspecified atom stereocenters. The predicted octanol–water partition coefficient (Wildman–Crippen LogP) is 1.21. The first-order chi connectivity index (χ1) is 12.5. The van der Waals surface area contributed by atoms with Crippen molar-refractivity contribution < 1.29 is 9.13 Å². The standard InChI is InChI=1S/C16H13FN8O/c1-26-10-3-2-7(17)4-8(10)13-11-12(20)9(5-18)14(21)24-15(11)25-16(23-13)22-6-19/h2-4,13H,1H3,(H6,20,21,22,23,24,25). The molecule has 3 rings (SSSR count). The minimum atomic E-state index is -0.868. The summed E-state index contributed by atoms with van der Waals surface area (Å²) in [4.78, 5) is 8.48. The topological polar surface area (TPSA) is 158 Å². The Morgan fingerprint density at radius 3 is 2.77 bits per heavy atom. The van der Waals surface area contributed by atoms with Gasteiger partial charge in [0.1, 0.15) is 40.9 Å². The third-order valence-electron chi connectivity index (χ3n) is 3.84. The van der Waals surface area contributed by atoms with Crippen molar-refractivity contribution >= 4 is 23.3 Å². The Kier molecular flexibility index (Phi) is 4.17. The number of rotatable bonds is 2. The number of benzene rings is 1. The number of hydrogen-bond acceptors (Lipinski definition) is 9. The van der Waals surface area contributed by atoms with Crippen LogP contribution in [0.25, 0.3) is 0 Å². The molecule has 0 radical (unpaired) electrons. The first-order valence-electron chi connectivity index (χ1n) is 7.32. The van der Waals surface area contributed by atoms with Gasteiger partial charge in [-0.15, -0.1) is 0 Å². The van der Waals surface area contributed by atoms with Crippen molar-refractivity contribution in [2.45, 2.75) is 6.04 Å². The molecule has 0 bridgehead atoms. The van der Waals surface area contributed by atoms with Crippen LogP contribution in [0.2, 0.25) is 0 Å². The first-order valence-corrected chi connectivity index (χ1v) is 7.32. The summed E-state index contributed by atoms with van der Waals surface area (Å²) in [6.45, 7) is 0. The Balaban J connectivity index is 2.31. The number of aliphatic imine (C=N–C) groups is 1. The maximum atomic E-state index is 13.9. The fourth-order valence-electron chi connectivity index (χ4n) is 2.72. The van der Waals surface area contributed by atoms with Crippen LogP contribution < -0.4 is 26.8 Å². The number of nitrogens with zero attached hydrogens (tertiary/aromatic N) is 4. The van der Waals surface area contributed by atoms with E-state index in [2.05, 4.69) is 20.6 Å². The molecular formula is C16H13FN8O. The fourth-order valence-corrected chi connectivity index (χ4v) is 2.72. The molecule has 2 aromatic rings.